The molecule has 1 saturated carbocycles. The van der Waals surface area contributed by atoms with Gasteiger partial charge >= 0.3 is 0 Å². The van der Waals surface area contributed by atoms with E-state index >= 15 is 0 Å². The number of nitrogens with zero attached hydrogens (tertiary/aromatic N) is 2. The van der Waals surface area contributed by atoms with Crippen LogP contribution in [0.25, 0.3) is 0 Å². The lowest BCUT2D eigenvalue weighted by Gasteiger charge is -2.13. The Labute approximate surface area is 142 Å². The van der Waals surface area contributed by atoms with Gasteiger partial charge < -0.3 is 4.74 Å². The van der Waals surface area contributed by atoms with Crippen molar-refractivity contribution in [1.29, 1.82) is 0 Å². The predicted octanol–water partition coefficient (Wildman–Crippen LogP) is 2.60. The number of carbonyl (C=O) groups is 2. The van der Waals surface area contributed by atoms with Crippen molar-refractivity contribution in [2.75, 3.05) is 7.11 Å². The summed E-state index contributed by atoms with van der Waals surface area (Å²) in [4.78, 5) is 25.0. The number of hydrogen-bond donors (Lipinski definition) is 0. The third-order valence-electron chi connectivity index (χ3n) is 4.95. The second-order valence-electron chi connectivity index (χ2n) is 6.13. The summed E-state index contributed by atoms with van der Waals surface area (Å²) in [6, 6.07) is 5.46. The highest BCUT2D eigenvalue weighted by atomic mass is 79.9. The number of rotatable bonds is 3. The van der Waals surface area contributed by atoms with Gasteiger partial charge in [-0.15, -0.1) is 0 Å². The predicted molar refractivity (Wildman–Crippen MR) is 87.9 cm³/mol. The summed E-state index contributed by atoms with van der Waals surface area (Å²) in [5.74, 6) is 0.372. The summed E-state index contributed by atoms with van der Waals surface area (Å²) >= 11 is 3.41. The number of methoxy groups -OCH3 is 1. The third kappa shape index (κ3) is 2.16. The molecule has 0 unspecified atom stereocenters. The quantitative estimate of drug-likeness (QED) is 0.464. The molecule has 0 spiro atoms. The van der Waals surface area contributed by atoms with Gasteiger partial charge in [-0.25, -0.2) is 0 Å². The van der Waals surface area contributed by atoms with Crippen molar-refractivity contribution in [2.45, 2.75) is 6.42 Å². The summed E-state index contributed by atoms with van der Waals surface area (Å²) in [6.45, 7) is 0. The molecule has 5 nitrogen and oxygen atoms in total. The minimum absolute atomic E-state index is 0.166. The maximum Gasteiger partial charge on any atom is 0.254 e. The lowest BCUT2D eigenvalue weighted by Crippen LogP contribution is -2.28. The summed E-state index contributed by atoms with van der Waals surface area (Å²) < 4.78 is 5.97. The van der Waals surface area contributed by atoms with E-state index in [2.05, 4.69) is 33.2 Å². The van der Waals surface area contributed by atoms with Gasteiger partial charge in [0.05, 0.1) is 29.6 Å². The Morgan fingerprint density at radius 3 is 2.43 bits per heavy atom. The Kier molecular flexibility index (Phi) is 3.37. The molecule has 2 bridgehead atoms. The number of allylic oxidation sites excluding steroid dienone is 2. The molecule has 0 radical (unpaired) electrons. The molecular formula is C17H15BrN2O3. The van der Waals surface area contributed by atoms with Gasteiger partial charge in [0.25, 0.3) is 11.8 Å². The van der Waals surface area contributed by atoms with E-state index in [1.54, 1.807) is 13.2 Å². The average molecular weight is 375 g/mol. The van der Waals surface area contributed by atoms with Crippen LogP contribution in [-0.4, -0.2) is 30.1 Å². The SMILES string of the molecule is COc1ccc(/C=N\N2C(=O)[C@@H]3[C@H](C2=O)[C@@H]2C=C[C@@H]3C2)cc1Br. The lowest BCUT2D eigenvalue weighted by atomic mass is 9.85. The first-order valence-corrected chi connectivity index (χ1v) is 8.33. The molecule has 1 saturated heterocycles. The van der Waals surface area contributed by atoms with Gasteiger partial charge in [0.2, 0.25) is 0 Å². The Morgan fingerprint density at radius 2 is 1.87 bits per heavy atom. The van der Waals surface area contributed by atoms with Crippen molar-refractivity contribution in [3.05, 3.63) is 40.4 Å². The van der Waals surface area contributed by atoms with Gasteiger partial charge in [0.1, 0.15) is 5.75 Å². The Balaban J connectivity index is 1.57. The summed E-state index contributed by atoms with van der Waals surface area (Å²) in [7, 11) is 1.59. The molecule has 1 aliphatic heterocycles. The molecule has 1 aromatic carbocycles. The van der Waals surface area contributed by atoms with E-state index in [0.717, 1.165) is 21.5 Å². The molecule has 0 aromatic heterocycles. The van der Waals surface area contributed by atoms with E-state index in [1.807, 2.05) is 12.1 Å². The number of carbonyl (C=O) groups excluding carboxylic acids is 2. The monoisotopic (exact) mass is 374 g/mol. The maximum absolute atomic E-state index is 12.5. The topological polar surface area (TPSA) is 59.0 Å². The average Bonchev–Trinajstić information content (AvgIpc) is 3.21. The van der Waals surface area contributed by atoms with Crippen molar-refractivity contribution >= 4 is 34.0 Å². The Hall–Kier alpha value is -1.95. The zero-order chi connectivity index (χ0) is 16.1. The van der Waals surface area contributed by atoms with Gasteiger partial charge in [0, 0.05) is 0 Å². The highest BCUT2D eigenvalue weighted by molar-refractivity contribution is 9.10. The van der Waals surface area contributed by atoms with E-state index in [-0.39, 0.29) is 35.5 Å². The number of benzene rings is 1. The van der Waals surface area contributed by atoms with Crippen molar-refractivity contribution in [3.8, 4) is 5.75 Å². The van der Waals surface area contributed by atoms with E-state index in [0.29, 0.717) is 5.75 Å². The van der Waals surface area contributed by atoms with E-state index in [4.69, 9.17) is 4.74 Å². The normalized spacial score (nSPS) is 31.5. The summed E-state index contributed by atoms with van der Waals surface area (Å²) in [6.07, 6.45) is 6.61. The first-order valence-electron chi connectivity index (χ1n) is 7.54. The van der Waals surface area contributed by atoms with E-state index in [9.17, 15) is 9.59 Å². The highest BCUT2D eigenvalue weighted by Crippen LogP contribution is 2.52. The molecule has 1 aromatic rings. The van der Waals surface area contributed by atoms with Crippen molar-refractivity contribution in [2.24, 2.45) is 28.8 Å². The summed E-state index contributed by atoms with van der Waals surface area (Å²) in [5, 5.41) is 5.21. The van der Waals surface area contributed by atoms with Crippen LogP contribution in [0.4, 0.5) is 0 Å². The third-order valence-corrected chi connectivity index (χ3v) is 5.56. The molecule has 23 heavy (non-hydrogen) atoms. The highest BCUT2D eigenvalue weighted by Gasteiger charge is 2.59. The Bertz CT molecular complexity index is 728. The first kappa shape index (κ1) is 14.6. The minimum atomic E-state index is -0.211. The fraction of sp³-hybridized carbons (Fsp3) is 0.353. The first-order chi connectivity index (χ1) is 11.1. The van der Waals surface area contributed by atoms with Gasteiger partial charge in [-0.2, -0.15) is 10.1 Å². The second-order valence-corrected chi connectivity index (χ2v) is 6.98. The maximum atomic E-state index is 12.5. The number of fused-ring (bicyclic) bond motifs is 5. The molecule has 4 rings (SSSR count). The van der Waals surface area contributed by atoms with Crippen molar-refractivity contribution in [1.82, 2.24) is 5.01 Å². The number of hydrazone groups is 1. The molecule has 0 N–H and O–H groups in total. The fourth-order valence-corrected chi connectivity index (χ4v) is 4.45. The van der Waals surface area contributed by atoms with Crippen LogP contribution < -0.4 is 4.74 Å². The van der Waals surface area contributed by atoms with Crippen molar-refractivity contribution < 1.29 is 14.3 Å². The lowest BCUT2D eigenvalue weighted by molar-refractivity contribution is -0.140. The van der Waals surface area contributed by atoms with Gasteiger partial charge in [0.15, 0.2) is 0 Å². The molecule has 6 heteroatoms. The zero-order valence-electron chi connectivity index (χ0n) is 12.5. The van der Waals surface area contributed by atoms with Crippen LogP contribution in [0.5, 0.6) is 5.75 Å². The molecule has 118 valence electrons. The number of ether oxygens (including phenoxy) is 1. The standard InChI is InChI=1S/C17H15BrN2O3/c1-23-13-5-2-9(6-12(13)18)8-19-20-16(21)14-10-3-4-11(7-10)15(14)17(20)22/h2-6,8,10-11,14-15H,7H2,1H3/b19-8-/t10-,11-,14-,15+/m1/s1. The number of imide groups is 1. The van der Waals surface area contributed by atoms with Crippen molar-refractivity contribution in [3.63, 3.8) is 0 Å². The molecule has 2 amide bonds. The molecule has 2 aliphatic carbocycles. The van der Waals surface area contributed by atoms with Crippen LogP contribution >= 0.6 is 15.9 Å². The number of hydrogen-bond acceptors (Lipinski definition) is 4. The van der Waals surface area contributed by atoms with Crippen LogP contribution in [0.1, 0.15) is 12.0 Å². The van der Waals surface area contributed by atoms with Gasteiger partial charge in [-0.1, -0.05) is 12.2 Å². The smallest absolute Gasteiger partial charge is 0.254 e. The molecule has 1 heterocycles. The molecule has 4 atom stereocenters. The number of amides is 2. The van der Waals surface area contributed by atoms with E-state index < -0.39 is 0 Å². The van der Waals surface area contributed by atoms with Crippen LogP contribution in [0.15, 0.2) is 39.9 Å². The van der Waals surface area contributed by atoms with Crippen LogP contribution in [0.3, 0.4) is 0 Å². The Morgan fingerprint density at radius 1 is 1.22 bits per heavy atom. The largest absolute Gasteiger partial charge is 0.496 e. The molecule has 2 fully saturated rings. The fourth-order valence-electron chi connectivity index (χ4n) is 3.89. The van der Waals surface area contributed by atoms with E-state index in [1.165, 1.54) is 6.21 Å². The number of halogens is 1. The molecule has 3 aliphatic rings. The second kappa shape index (κ2) is 5.30. The summed E-state index contributed by atoms with van der Waals surface area (Å²) in [5.41, 5.74) is 0.788. The van der Waals surface area contributed by atoms with Crippen LogP contribution in [-0.2, 0) is 9.59 Å². The van der Waals surface area contributed by atoms with Crippen LogP contribution in [0, 0.1) is 23.7 Å². The minimum Gasteiger partial charge on any atom is -0.496 e. The van der Waals surface area contributed by atoms with Gasteiger partial charge in [-0.3, -0.25) is 9.59 Å². The van der Waals surface area contributed by atoms with Gasteiger partial charge in [-0.05, 0) is 57.9 Å². The zero-order valence-corrected chi connectivity index (χ0v) is 14.1. The van der Waals surface area contributed by atoms with Crippen LogP contribution in [0.2, 0.25) is 0 Å². The molecular weight excluding hydrogens is 360 g/mol.